The Morgan fingerprint density at radius 1 is 1.03 bits per heavy atom. The Morgan fingerprint density at radius 2 is 1.77 bits per heavy atom. The Hall–Kier alpha value is -2.93. The van der Waals surface area contributed by atoms with Gasteiger partial charge in [0.15, 0.2) is 5.96 Å². The Labute approximate surface area is 184 Å². The van der Waals surface area contributed by atoms with Crippen molar-refractivity contribution in [3.8, 4) is 17.2 Å². The number of nitrogens with zero attached hydrogens (tertiary/aromatic N) is 1. The summed E-state index contributed by atoms with van der Waals surface area (Å²) < 4.78 is 22.3. The van der Waals surface area contributed by atoms with Crippen LogP contribution < -0.4 is 24.8 Å². The van der Waals surface area contributed by atoms with E-state index in [0.717, 1.165) is 48.0 Å². The first-order chi connectivity index (χ1) is 15.1. The van der Waals surface area contributed by atoms with Crippen molar-refractivity contribution < 1.29 is 18.9 Å². The van der Waals surface area contributed by atoms with Crippen molar-refractivity contribution in [1.29, 1.82) is 0 Å². The predicted molar refractivity (Wildman–Crippen MR) is 122 cm³/mol. The fourth-order valence-corrected chi connectivity index (χ4v) is 3.44. The molecule has 0 spiro atoms. The lowest BCUT2D eigenvalue weighted by Gasteiger charge is -2.17. The zero-order valence-electron chi connectivity index (χ0n) is 18.9. The van der Waals surface area contributed by atoms with Gasteiger partial charge in [-0.3, -0.25) is 4.99 Å². The maximum Gasteiger partial charge on any atom is 0.191 e. The Kier molecular flexibility index (Phi) is 8.41. The topological polar surface area (TPSA) is 73.3 Å². The molecule has 7 heteroatoms. The molecule has 0 radical (unpaired) electrons. The number of rotatable bonds is 9. The third-order valence-corrected chi connectivity index (χ3v) is 5.33. The molecule has 1 fully saturated rings. The van der Waals surface area contributed by atoms with E-state index in [9.17, 15) is 0 Å². The highest BCUT2D eigenvalue weighted by molar-refractivity contribution is 5.79. The molecule has 2 aromatic carbocycles. The minimum atomic E-state index is 0.468. The predicted octanol–water partition coefficient (Wildman–Crippen LogP) is 3.29. The molecule has 1 unspecified atom stereocenters. The molecule has 1 atom stereocenters. The number of nitrogens with one attached hydrogen (secondary N) is 2. The van der Waals surface area contributed by atoms with Crippen LogP contribution in [0.2, 0.25) is 0 Å². The minimum Gasteiger partial charge on any atom is -0.497 e. The summed E-state index contributed by atoms with van der Waals surface area (Å²) in [7, 11) is 5.05. The van der Waals surface area contributed by atoms with E-state index in [2.05, 4.69) is 40.7 Å². The number of hydrogen-bond acceptors (Lipinski definition) is 5. The maximum absolute atomic E-state index is 6.14. The second-order valence-electron chi connectivity index (χ2n) is 7.61. The molecule has 0 bridgehead atoms. The van der Waals surface area contributed by atoms with Crippen molar-refractivity contribution in [2.24, 2.45) is 10.9 Å². The van der Waals surface area contributed by atoms with Crippen molar-refractivity contribution in [2.45, 2.75) is 26.4 Å². The van der Waals surface area contributed by atoms with Gasteiger partial charge in [0, 0.05) is 49.9 Å². The molecular weight excluding hydrogens is 394 g/mol. The normalized spacial score (nSPS) is 16.1. The monoisotopic (exact) mass is 427 g/mol. The van der Waals surface area contributed by atoms with Crippen LogP contribution >= 0.6 is 0 Å². The maximum atomic E-state index is 6.14. The molecule has 0 saturated carbocycles. The molecule has 0 amide bonds. The van der Waals surface area contributed by atoms with E-state index in [0.29, 0.717) is 31.6 Å². The van der Waals surface area contributed by atoms with Crippen molar-refractivity contribution in [2.75, 3.05) is 41.1 Å². The number of hydrogen-bond donors (Lipinski definition) is 2. The van der Waals surface area contributed by atoms with Crippen LogP contribution in [0.4, 0.5) is 0 Å². The van der Waals surface area contributed by atoms with E-state index < -0.39 is 0 Å². The number of ether oxygens (including phenoxy) is 4. The van der Waals surface area contributed by atoms with Gasteiger partial charge in [-0.05, 0) is 37.1 Å². The Balaban J connectivity index is 1.58. The van der Waals surface area contributed by atoms with Crippen LogP contribution in [0.3, 0.4) is 0 Å². The van der Waals surface area contributed by atoms with E-state index >= 15 is 0 Å². The van der Waals surface area contributed by atoms with Crippen LogP contribution in [-0.2, 0) is 17.8 Å². The lowest BCUT2D eigenvalue weighted by Crippen LogP contribution is -2.36. The zero-order valence-corrected chi connectivity index (χ0v) is 18.9. The molecule has 3 rings (SSSR count). The standard InChI is InChI=1S/C24H33N3O4/c1-17-5-6-20(23(11-17)31-16-18-9-10-30-15-18)14-27-24(25-2)26-13-19-7-8-21(28-3)12-22(19)29-4/h5-8,11-12,18H,9-10,13-16H2,1-4H3,(H2,25,26,27). The largest absolute Gasteiger partial charge is 0.497 e. The fourth-order valence-electron chi connectivity index (χ4n) is 3.44. The lowest BCUT2D eigenvalue weighted by atomic mass is 10.1. The van der Waals surface area contributed by atoms with Gasteiger partial charge in [0.25, 0.3) is 0 Å². The molecule has 1 aliphatic heterocycles. The Morgan fingerprint density at radius 3 is 2.42 bits per heavy atom. The average Bonchev–Trinajstić information content (AvgIpc) is 3.32. The number of benzene rings is 2. The SMILES string of the molecule is CN=C(NCc1ccc(OC)cc1OC)NCc1ccc(C)cc1OCC1CCOC1. The fraction of sp³-hybridized carbons (Fsp3) is 0.458. The highest BCUT2D eigenvalue weighted by atomic mass is 16.5. The highest BCUT2D eigenvalue weighted by Crippen LogP contribution is 2.25. The number of aryl methyl sites for hydroxylation is 1. The highest BCUT2D eigenvalue weighted by Gasteiger charge is 2.17. The molecule has 31 heavy (non-hydrogen) atoms. The smallest absolute Gasteiger partial charge is 0.191 e. The summed E-state index contributed by atoms with van der Waals surface area (Å²) in [5.41, 5.74) is 3.29. The molecule has 2 N–H and O–H groups in total. The van der Waals surface area contributed by atoms with Gasteiger partial charge in [-0.1, -0.05) is 12.1 Å². The van der Waals surface area contributed by atoms with Crippen molar-refractivity contribution in [1.82, 2.24) is 10.6 Å². The van der Waals surface area contributed by atoms with Gasteiger partial charge in [-0.2, -0.15) is 0 Å². The van der Waals surface area contributed by atoms with Crippen molar-refractivity contribution >= 4 is 5.96 Å². The molecular formula is C24H33N3O4. The zero-order chi connectivity index (χ0) is 22.1. The van der Waals surface area contributed by atoms with Crippen molar-refractivity contribution in [3.05, 3.63) is 53.1 Å². The molecule has 1 saturated heterocycles. The first-order valence-corrected chi connectivity index (χ1v) is 10.6. The third kappa shape index (κ3) is 6.52. The third-order valence-electron chi connectivity index (χ3n) is 5.33. The van der Waals surface area contributed by atoms with E-state index in [-0.39, 0.29) is 0 Å². The van der Waals surface area contributed by atoms with Crippen LogP contribution in [0, 0.1) is 12.8 Å². The summed E-state index contributed by atoms with van der Waals surface area (Å²) in [4.78, 5) is 4.34. The summed E-state index contributed by atoms with van der Waals surface area (Å²) in [6.07, 6.45) is 1.06. The summed E-state index contributed by atoms with van der Waals surface area (Å²) in [6, 6.07) is 12.1. The van der Waals surface area contributed by atoms with Crippen molar-refractivity contribution in [3.63, 3.8) is 0 Å². The van der Waals surface area contributed by atoms with Crippen LogP contribution in [0.1, 0.15) is 23.1 Å². The van der Waals surface area contributed by atoms with Gasteiger partial charge < -0.3 is 29.6 Å². The minimum absolute atomic E-state index is 0.468. The molecule has 0 aromatic heterocycles. The molecule has 1 heterocycles. The summed E-state index contributed by atoms with van der Waals surface area (Å²) in [5.74, 6) is 3.61. The van der Waals surface area contributed by atoms with E-state index in [1.54, 1.807) is 21.3 Å². The van der Waals surface area contributed by atoms with E-state index in [1.807, 2.05) is 18.2 Å². The summed E-state index contributed by atoms with van der Waals surface area (Å²) in [6.45, 7) is 5.55. The van der Waals surface area contributed by atoms with Gasteiger partial charge in [-0.15, -0.1) is 0 Å². The summed E-state index contributed by atoms with van der Waals surface area (Å²) >= 11 is 0. The quantitative estimate of drug-likeness (QED) is 0.473. The number of guanidine groups is 1. The molecule has 0 aliphatic carbocycles. The molecule has 1 aliphatic rings. The summed E-state index contributed by atoms with van der Waals surface area (Å²) in [5, 5.41) is 6.71. The molecule has 7 nitrogen and oxygen atoms in total. The second kappa shape index (κ2) is 11.5. The van der Waals surface area contributed by atoms with E-state index in [1.165, 1.54) is 5.56 Å². The van der Waals surface area contributed by atoms with Gasteiger partial charge in [0.2, 0.25) is 0 Å². The van der Waals surface area contributed by atoms with Crippen LogP contribution in [0.25, 0.3) is 0 Å². The second-order valence-corrected chi connectivity index (χ2v) is 7.61. The lowest BCUT2D eigenvalue weighted by molar-refractivity contribution is 0.166. The van der Waals surface area contributed by atoms with Gasteiger partial charge >= 0.3 is 0 Å². The first-order valence-electron chi connectivity index (χ1n) is 10.6. The van der Waals surface area contributed by atoms with Crippen LogP contribution in [-0.4, -0.2) is 47.0 Å². The number of aliphatic imine (C=N–C) groups is 1. The van der Waals surface area contributed by atoms with Gasteiger partial charge in [0.1, 0.15) is 17.2 Å². The van der Waals surface area contributed by atoms with Crippen LogP contribution in [0.5, 0.6) is 17.2 Å². The first kappa shape index (κ1) is 22.7. The van der Waals surface area contributed by atoms with Gasteiger partial charge in [-0.25, -0.2) is 0 Å². The number of methoxy groups -OCH3 is 2. The molecule has 2 aromatic rings. The average molecular weight is 428 g/mol. The Bertz CT molecular complexity index is 879. The van der Waals surface area contributed by atoms with E-state index in [4.69, 9.17) is 18.9 Å². The van der Waals surface area contributed by atoms with Gasteiger partial charge in [0.05, 0.1) is 27.4 Å². The molecule has 168 valence electrons. The van der Waals surface area contributed by atoms with Crippen LogP contribution in [0.15, 0.2) is 41.4 Å².